The Morgan fingerprint density at radius 3 is 2.95 bits per heavy atom. The molecule has 0 aromatic carbocycles. The molecule has 0 saturated carbocycles. The number of carbonyl (C=O) groups excluding carboxylic acids is 1. The molecule has 2 aliphatic rings. The minimum absolute atomic E-state index is 0.177. The van der Waals surface area contributed by atoms with Crippen molar-refractivity contribution < 1.29 is 9.90 Å². The highest BCUT2D eigenvalue weighted by Gasteiger charge is 2.30. The molecule has 0 spiro atoms. The van der Waals surface area contributed by atoms with Crippen LogP contribution in [0.5, 0.6) is 0 Å². The number of thiophene rings is 1. The molecular formula is C16H23NO2S. The second-order valence-electron chi connectivity index (χ2n) is 6.48. The zero-order valence-electron chi connectivity index (χ0n) is 12.3. The molecular weight excluding hydrogens is 270 g/mol. The lowest BCUT2D eigenvalue weighted by Crippen LogP contribution is -2.45. The van der Waals surface area contributed by atoms with E-state index in [9.17, 15) is 9.90 Å². The molecule has 3 nitrogen and oxygen atoms in total. The average molecular weight is 293 g/mol. The van der Waals surface area contributed by atoms with E-state index in [1.54, 1.807) is 11.3 Å². The zero-order chi connectivity index (χ0) is 14.3. The van der Waals surface area contributed by atoms with Gasteiger partial charge in [0, 0.05) is 23.3 Å². The van der Waals surface area contributed by atoms with Crippen LogP contribution in [0.25, 0.3) is 0 Å². The second kappa shape index (κ2) is 5.49. The van der Waals surface area contributed by atoms with Gasteiger partial charge in [-0.1, -0.05) is 13.8 Å². The summed E-state index contributed by atoms with van der Waals surface area (Å²) in [7, 11) is 0. The lowest BCUT2D eigenvalue weighted by atomic mass is 9.88. The van der Waals surface area contributed by atoms with Crippen LogP contribution in [0.2, 0.25) is 0 Å². The van der Waals surface area contributed by atoms with Gasteiger partial charge in [0.15, 0.2) is 0 Å². The topological polar surface area (TPSA) is 40.5 Å². The highest BCUT2D eigenvalue weighted by Crippen LogP contribution is 2.34. The second-order valence-corrected chi connectivity index (χ2v) is 7.45. The number of carbonyl (C=O) groups is 1. The summed E-state index contributed by atoms with van der Waals surface area (Å²) in [4.78, 5) is 16.1. The maximum absolute atomic E-state index is 12.7. The van der Waals surface area contributed by atoms with Crippen LogP contribution in [0.1, 0.15) is 47.5 Å². The number of aliphatic hydroxyl groups excluding tert-OH is 1. The number of nitrogens with zero attached hydrogens (tertiary/aromatic N) is 1. The molecule has 3 unspecified atom stereocenters. The first-order valence-corrected chi connectivity index (χ1v) is 8.50. The van der Waals surface area contributed by atoms with Crippen LogP contribution >= 0.6 is 11.3 Å². The fraction of sp³-hybridized carbons (Fsp3) is 0.688. The van der Waals surface area contributed by atoms with Crippen molar-refractivity contribution >= 4 is 17.2 Å². The van der Waals surface area contributed by atoms with Crippen LogP contribution in [0.4, 0.5) is 0 Å². The Bertz CT molecular complexity index is 511. The molecule has 0 bridgehead atoms. The average Bonchev–Trinajstić information content (AvgIpc) is 2.84. The summed E-state index contributed by atoms with van der Waals surface area (Å²) < 4.78 is 0. The Morgan fingerprint density at radius 2 is 2.20 bits per heavy atom. The Labute approximate surface area is 124 Å². The molecule has 1 fully saturated rings. The number of aliphatic hydroxyl groups is 1. The van der Waals surface area contributed by atoms with E-state index < -0.39 is 0 Å². The van der Waals surface area contributed by atoms with E-state index in [1.165, 1.54) is 16.9 Å². The van der Waals surface area contributed by atoms with Crippen molar-refractivity contribution in [3.05, 3.63) is 21.4 Å². The van der Waals surface area contributed by atoms with Gasteiger partial charge in [0.1, 0.15) is 0 Å². The Balaban J connectivity index is 1.78. The SMILES string of the molecule is CC1CCc2c(C(=O)N3CCC(O)C(C)C3)csc2C1. The first-order valence-electron chi connectivity index (χ1n) is 7.63. The fourth-order valence-electron chi connectivity index (χ4n) is 3.34. The Hall–Kier alpha value is -0.870. The molecule has 0 radical (unpaired) electrons. The van der Waals surface area contributed by atoms with Crippen LogP contribution in [-0.4, -0.2) is 35.1 Å². The molecule has 1 amide bonds. The lowest BCUT2D eigenvalue weighted by Gasteiger charge is -2.34. The summed E-state index contributed by atoms with van der Waals surface area (Å²) in [5.74, 6) is 1.10. The van der Waals surface area contributed by atoms with E-state index in [0.29, 0.717) is 19.5 Å². The third-order valence-electron chi connectivity index (χ3n) is 4.78. The highest BCUT2D eigenvalue weighted by atomic mass is 32.1. The number of hydrogen-bond acceptors (Lipinski definition) is 3. The van der Waals surface area contributed by atoms with Crippen LogP contribution in [0.3, 0.4) is 0 Å². The van der Waals surface area contributed by atoms with Gasteiger partial charge in [-0.15, -0.1) is 11.3 Å². The van der Waals surface area contributed by atoms with E-state index in [2.05, 4.69) is 12.3 Å². The van der Waals surface area contributed by atoms with Gasteiger partial charge in [-0.2, -0.15) is 0 Å². The van der Waals surface area contributed by atoms with Crippen molar-refractivity contribution in [2.75, 3.05) is 13.1 Å². The predicted molar refractivity (Wildman–Crippen MR) is 81.2 cm³/mol. The molecule has 4 heteroatoms. The maximum atomic E-state index is 12.7. The molecule has 110 valence electrons. The largest absolute Gasteiger partial charge is 0.393 e. The molecule has 2 heterocycles. The Kier molecular flexibility index (Phi) is 3.87. The summed E-state index contributed by atoms with van der Waals surface area (Å²) in [5.41, 5.74) is 2.23. The molecule has 1 aliphatic heterocycles. The van der Waals surface area contributed by atoms with Gasteiger partial charge in [-0.05, 0) is 43.1 Å². The lowest BCUT2D eigenvalue weighted by molar-refractivity contribution is 0.0297. The molecule has 3 rings (SSSR count). The van der Waals surface area contributed by atoms with Gasteiger partial charge in [0.2, 0.25) is 0 Å². The number of hydrogen-bond donors (Lipinski definition) is 1. The van der Waals surface area contributed by atoms with Crippen molar-refractivity contribution in [3.63, 3.8) is 0 Å². The number of likely N-dealkylation sites (tertiary alicyclic amines) is 1. The molecule has 1 aromatic rings. The summed E-state index contributed by atoms with van der Waals surface area (Å²) in [6.45, 7) is 5.68. The minimum atomic E-state index is -0.253. The summed E-state index contributed by atoms with van der Waals surface area (Å²) in [5, 5.41) is 11.8. The van der Waals surface area contributed by atoms with Gasteiger partial charge in [0.05, 0.1) is 11.7 Å². The van der Waals surface area contributed by atoms with E-state index in [1.807, 2.05) is 11.8 Å². The molecule has 1 aromatic heterocycles. The highest BCUT2D eigenvalue weighted by molar-refractivity contribution is 7.10. The van der Waals surface area contributed by atoms with Gasteiger partial charge in [0.25, 0.3) is 5.91 Å². The Morgan fingerprint density at radius 1 is 1.40 bits per heavy atom. The number of fused-ring (bicyclic) bond motifs is 1. The first-order chi connectivity index (χ1) is 9.56. The zero-order valence-corrected chi connectivity index (χ0v) is 13.1. The van der Waals surface area contributed by atoms with Crippen molar-refractivity contribution in [1.82, 2.24) is 4.90 Å². The summed E-state index contributed by atoms with van der Waals surface area (Å²) >= 11 is 1.75. The van der Waals surface area contributed by atoms with Crippen LogP contribution in [0, 0.1) is 11.8 Å². The standard InChI is InChI=1S/C16H23NO2S/c1-10-3-4-12-13(9-20-15(12)7-10)16(19)17-6-5-14(18)11(2)8-17/h9-11,14,18H,3-8H2,1-2H3. The van der Waals surface area contributed by atoms with Crippen molar-refractivity contribution in [3.8, 4) is 0 Å². The van der Waals surface area contributed by atoms with Crippen LogP contribution in [0.15, 0.2) is 5.38 Å². The number of piperidine rings is 1. The first kappa shape index (κ1) is 14.1. The van der Waals surface area contributed by atoms with E-state index in [4.69, 9.17) is 0 Å². The third kappa shape index (κ3) is 2.51. The molecule has 1 saturated heterocycles. The maximum Gasteiger partial charge on any atom is 0.254 e. The predicted octanol–water partition coefficient (Wildman–Crippen LogP) is 2.72. The van der Waals surface area contributed by atoms with Crippen molar-refractivity contribution in [2.24, 2.45) is 11.8 Å². The number of rotatable bonds is 1. The van der Waals surface area contributed by atoms with Crippen LogP contribution < -0.4 is 0 Å². The molecule has 20 heavy (non-hydrogen) atoms. The normalized spacial score (nSPS) is 30.1. The summed E-state index contributed by atoms with van der Waals surface area (Å²) in [6.07, 6.45) is 3.82. The smallest absolute Gasteiger partial charge is 0.254 e. The molecule has 1 N–H and O–H groups in total. The third-order valence-corrected chi connectivity index (χ3v) is 5.83. The van der Waals surface area contributed by atoms with Crippen molar-refractivity contribution in [2.45, 2.75) is 45.6 Å². The monoisotopic (exact) mass is 293 g/mol. The van der Waals surface area contributed by atoms with Crippen LogP contribution in [-0.2, 0) is 12.8 Å². The van der Waals surface area contributed by atoms with E-state index in [0.717, 1.165) is 24.3 Å². The van der Waals surface area contributed by atoms with Crippen molar-refractivity contribution in [1.29, 1.82) is 0 Å². The molecule has 1 aliphatic carbocycles. The van der Waals surface area contributed by atoms with Gasteiger partial charge < -0.3 is 10.0 Å². The van der Waals surface area contributed by atoms with Gasteiger partial charge in [-0.3, -0.25) is 4.79 Å². The van der Waals surface area contributed by atoms with E-state index in [-0.39, 0.29) is 17.9 Å². The number of amides is 1. The fourth-order valence-corrected chi connectivity index (χ4v) is 4.58. The summed E-state index contributed by atoms with van der Waals surface area (Å²) in [6, 6.07) is 0. The van der Waals surface area contributed by atoms with Gasteiger partial charge in [-0.25, -0.2) is 0 Å². The minimum Gasteiger partial charge on any atom is -0.393 e. The quantitative estimate of drug-likeness (QED) is 0.865. The molecule has 3 atom stereocenters. The van der Waals surface area contributed by atoms with E-state index >= 15 is 0 Å². The van der Waals surface area contributed by atoms with Gasteiger partial charge >= 0.3 is 0 Å².